The third kappa shape index (κ3) is 8.39. The second-order valence-corrected chi connectivity index (χ2v) is 19.0. The summed E-state index contributed by atoms with van der Waals surface area (Å²) in [5, 5.41) is 17.0. The molecular weight excluding hydrogens is 867 g/mol. The summed E-state index contributed by atoms with van der Waals surface area (Å²) < 4.78 is 37.9. The quantitative estimate of drug-likeness (QED) is 0.0769. The summed E-state index contributed by atoms with van der Waals surface area (Å²) in [6.45, 7) is 12.7. The van der Waals surface area contributed by atoms with Gasteiger partial charge in [-0.15, -0.1) is 18.3 Å². The number of esters is 4. The first-order valence-electron chi connectivity index (χ1n) is 21.9. The number of carbonyl (C=O) groups excluding carboxylic acids is 6. The Balaban J connectivity index is 1.42. The molecule has 66 heavy (non-hydrogen) atoms. The van der Waals surface area contributed by atoms with Gasteiger partial charge >= 0.3 is 23.9 Å². The lowest BCUT2D eigenvalue weighted by Gasteiger charge is -2.67. The lowest BCUT2D eigenvalue weighted by atomic mass is 9.44. The first-order valence-corrected chi connectivity index (χ1v) is 23.3. The van der Waals surface area contributed by atoms with Crippen LogP contribution in [0.5, 0.6) is 0 Å². The number of ketones is 1. The number of aliphatic hydroxyl groups is 1. The Kier molecular flexibility index (Phi) is 13.9. The van der Waals surface area contributed by atoms with Crippen molar-refractivity contribution in [2.75, 3.05) is 18.8 Å². The van der Waals surface area contributed by atoms with Gasteiger partial charge in [0, 0.05) is 37.7 Å². The van der Waals surface area contributed by atoms with E-state index in [1.165, 1.54) is 24.8 Å². The molecular formula is C51H57NO13S. The molecule has 11 atom stereocenters. The van der Waals surface area contributed by atoms with Crippen molar-refractivity contribution >= 4 is 47.3 Å². The SMILES string of the molecule is C=CC(C(=O)O[C@H]1C[C@@]2(O)[C@@H](OC(=O)c3ccccc3)[C@@H]3[C@]4(OC(C)=O)CO[C@@H]4C[C@H](OCSC)[C@@]3(C)C(=O)[C@H](OC(C)=O)C(=C1C)C2(C)C)[C@@H](NC(=O)c1ccccc1)c1ccccc1. The van der Waals surface area contributed by atoms with Crippen LogP contribution < -0.4 is 5.32 Å². The van der Waals surface area contributed by atoms with Gasteiger partial charge < -0.3 is 38.8 Å². The van der Waals surface area contributed by atoms with E-state index >= 15 is 4.79 Å². The van der Waals surface area contributed by atoms with Crippen molar-refractivity contribution in [2.24, 2.45) is 22.7 Å². The lowest BCUT2D eigenvalue weighted by Crippen LogP contribution is -2.82. The van der Waals surface area contributed by atoms with Crippen LogP contribution in [0.3, 0.4) is 0 Å². The minimum Gasteiger partial charge on any atom is -0.457 e. The Bertz CT molecular complexity index is 2390. The molecule has 0 aromatic heterocycles. The number of amides is 1. The van der Waals surface area contributed by atoms with E-state index in [-0.39, 0.29) is 30.1 Å². The van der Waals surface area contributed by atoms with E-state index in [1.54, 1.807) is 119 Å². The van der Waals surface area contributed by atoms with E-state index in [4.69, 9.17) is 28.4 Å². The molecule has 2 saturated carbocycles. The molecule has 1 aliphatic heterocycles. The molecule has 4 aliphatic rings. The fourth-order valence-corrected chi connectivity index (χ4v) is 11.1. The Morgan fingerprint density at radius 1 is 0.894 bits per heavy atom. The molecule has 15 heteroatoms. The van der Waals surface area contributed by atoms with Crippen molar-refractivity contribution in [1.29, 1.82) is 0 Å². The van der Waals surface area contributed by atoms with E-state index in [9.17, 15) is 29.1 Å². The lowest BCUT2D eigenvalue weighted by molar-refractivity contribution is -0.347. The van der Waals surface area contributed by atoms with Gasteiger partial charge in [0.15, 0.2) is 17.5 Å². The van der Waals surface area contributed by atoms with Crippen LogP contribution in [0, 0.1) is 22.7 Å². The highest BCUT2D eigenvalue weighted by Crippen LogP contribution is 2.65. The number of nitrogens with one attached hydrogen (secondary N) is 1. The van der Waals surface area contributed by atoms with Crippen LogP contribution in [0.25, 0.3) is 0 Å². The van der Waals surface area contributed by atoms with Crippen LogP contribution >= 0.6 is 11.8 Å². The van der Waals surface area contributed by atoms with E-state index in [2.05, 4.69) is 11.9 Å². The molecule has 1 saturated heterocycles. The number of rotatable bonds is 14. The third-order valence-corrected chi connectivity index (χ3v) is 14.5. The van der Waals surface area contributed by atoms with Gasteiger partial charge in [-0.2, -0.15) is 0 Å². The number of Topliss-reactive ketones (excluding diaryl/α,β-unsaturated/α-hetero) is 1. The Morgan fingerprint density at radius 3 is 2.05 bits per heavy atom. The molecule has 7 rings (SSSR count). The molecule has 1 amide bonds. The van der Waals surface area contributed by atoms with Gasteiger partial charge in [0.25, 0.3) is 5.91 Å². The van der Waals surface area contributed by atoms with Gasteiger partial charge in [-0.25, -0.2) is 4.79 Å². The highest BCUT2D eigenvalue weighted by atomic mass is 32.2. The molecule has 2 N–H and O–H groups in total. The maximum Gasteiger partial charge on any atom is 0.338 e. The number of ether oxygens (including phenoxy) is 6. The van der Waals surface area contributed by atoms with Crippen molar-refractivity contribution in [2.45, 2.75) is 102 Å². The van der Waals surface area contributed by atoms with Crippen molar-refractivity contribution in [1.82, 2.24) is 5.32 Å². The molecule has 3 fully saturated rings. The number of carbonyl (C=O) groups is 6. The molecule has 3 aliphatic carbocycles. The van der Waals surface area contributed by atoms with Gasteiger partial charge in [0.05, 0.1) is 47.5 Å². The second kappa shape index (κ2) is 18.9. The molecule has 14 nitrogen and oxygen atoms in total. The highest BCUT2D eigenvalue weighted by Gasteiger charge is 2.78. The average Bonchev–Trinajstić information content (AvgIpc) is 3.28. The van der Waals surface area contributed by atoms with Crippen LogP contribution in [0.15, 0.2) is 115 Å². The van der Waals surface area contributed by atoms with E-state index in [0.29, 0.717) is 16.7 Å². The largest absolute Gasteiger partial charge is 0.457 e. The minimum atomic E-state index is -2.29. The summed E-state index contributed by atoms with van der Waals surface area (Å²) in [4.78, 5) is 85.5. The van der Waals surface area contributed by atoms with Crippen molar-refractivity contribution in [3.8, 4) is 0 Å². The smallest absolute Gasteiger partial charge is 0.338 e. The van der Waals surface area contributed by atoms with E-state index in [1.807, 2.05) is 6.26 Å². The molecule has 1 unspecified atom stereocenters. The Hall–Kier alpha value is -5.61. The van der Waals surface area contributed by atoms with Crippen molar-refractivity contribution < 1.29 is 62.3 Å². The number of hydrogen-bond donors (Lipinski definition) is 2. The van der Waals surface area contributed by atoms with Crippen LogP contribution in [0.4, 0.5) is 0 Å². The van der Waals surface area contributed by atoms with Gasteiger partial charge in [-0.1, -0.05) is 86.7 Å². The van der Waals surface area contributed by atoms with Crippen LogP contribution in [0.2, 0.25) is 0 Å². The number of hydrogen-bond acceptors (Lipinski definition) is 14. The summed E-state index contributed by atoms with van der Waals surface area (Å²) in [7, 11) is 0. The zero-order valence-corrected chi connectivity index (χ0v) is 39.0. The first kappa shape index (κ1) is 48.3. The normalized spacial score (nSPS) is 30.6. The molecule has 0 spiro atoms. The molecule has 0 radical (unpaired) electrons. The minimum absolute atomic E-state index is 0.0607. The Labute approximate surface area is 388 Å². The molecule has 2 bridgehead atoms. The van der Waals surface area contributed by atoms with Crippen molar-refractivity contribution in [3.63, 3.8) is 0 Å². The molecule has 3 aromatic rings. The van der Waals surface area contributed by atoms with Gasteiger partial charge in [0.2, 0.25) is 0 Å². The number of thioether (sulfide) groups is 1. The third-order valence-electron chi connectivity index (χ3n) is 14.2. The second-order valence-electron chi connectivity index (χ2n) is 18.2. The van der Waals surface area contributed by atoms with Gasteiger partial charge in [-0.3, -0.25) is 24.0 Å². The topological polar surface area (TPSA) is 190 Å². The van der Waals surface area contributed by atoms with Gasteiger partial charge in [-0.05, 0) is 61.1 Å². The maximum absolute atomic E-state index is 16.0. The van der Waals surface area contributed by atoms with Crippen LogP contribution in [-0.2, 0) is 47.6 Å². The zero-order chi connectivity index (χ0) is 47.8. The van der Waals surface area contributed by atoms with Crippen LogP contribution in [0.1, 0.15) is 86.7 Å². The predicted molar refractivity (Wildman–Crippen MR) is 243 cm³/mol. The summed E-state index contributed by atoms with van der Waals surface area (Å²) in [5.41, 5.74) is -5.88. The fraction of sp³-hybridized carbons (Fsp3) is 0.451. The fourth-order valence-electron chi connectivity index (χ4n) is 10.8. The summed E-state index contributed by atoms with van der Waals surface area (Å²) >= 11 is 1.35. The van der Waals surface area contributed by atoms with E-state index in [0.717, 1.165) is 6.92 Å². The monoisotopic (exact) mass is 923 g/mol. The summed E-state index contributed by atoms with van der Waals surface area (Å²) in [6.07, 6.45) is -3.81. The standard InChI is InChI=1S/C51H57NO13S/c1-9-35(40(32-19-13-10-14-20-32)52-45(56)33-21-15-11-16-22-33)47(58)63-36-26-51(59)44(64-46(57)34-23-17-12-18-24-34)42-49(7,43(55)41(62-30(3)53)39(29(36)2)48(51,5)6)37(61-28-66-8)25-38-50(42,27-60-38)65-31(4)54/h9-24,35-38,40-42,44,59H,1,25-28H2,2-8H3,(H,52,56)/t35?,36-,37-,38+,40-,41+,42-,44-,49+,50-,51+/m0/s1. The maximum atomic E-state index is 16.0. The number of fused-ring (bicyclic) bond motifs is 5. The summed E-state index contributed by atoms with van der Waals surface area (Å²) in [6, 6.07) is 24.5. The van der Waals surface area contributed by atoms with Crippen molar-refractivity contribution in [3.05, 3.63) is 131 Å². The Morgan fingerprint density at radius 2 is 1.50 bits per heavy atom. The first-order chi connectivity index (χ1) is 31.3. The molecule has 3 aromatic carbocycles. The summed E-state index contributed by atoms with van der Waals surface area (Å²) in [5.74, 6) is -6.84. The highest BCUT2D eigenvalue weighted by molar-refractivity contribution is 7.98. The average molecular weight is 924 g/mol. The zero-order valence-electron chi connectivity index (χ0n) is 38.1. The molecule has 1 heterocycles. The molecule has 350 valence electrons. The van der Waals surface area contributed by atoms with E-state index < -0.39 is 112 Å². The van der Waals surface area contributed by atoms with Crippen LogP contribution in [-0.4, -0.2) is 101 Å². The van der Waals surface area contributed by atoms with Gasteiger partial charge in [0.1, 0.15) is 23.9 Å². The number of benzene rings is 3. The predicted octanol–water partition coefficient (Wildman–Crippen LogP) is 6.52.